The van der Waals surface area contributed by atoms with E-state index in [0.717, 1.165) is 57.7 Å². The summed E-state index contributed by atoms with van der Waals surface area (Å²) in [6.07, 6.45) is 2.62. The van der Waals surface area contributed by atoms with Crippen LogP contribution in [-0.4, -0.2) is 101 Å². The number of likely N-dealkylation sites (tertiary alicyclic amines) is 1. The lowest BCUT2D eigenvalue weighted by Crippen LogP contribution is -2.55. The Balaban J connectivity index is 1.44. The van der Waals surface area contributed by atoms with E-state index in [2.05, 4.69) is 41.7 Å². The predicted octanol–water partition coefficient (Wildman–Crippen LogP) is 2.55. The lowest BCUT2D eigenvalue weighted by atomic mass is 9.98. The number of carbonyl (C=O) groups excluding carboxylic acids is 2. The molecule has 0 spiro atoms. The number of rotatable bonds is 6. The molecule has 8 nitrogen and oxygen atoms in total. The fourth-order valence-corrected chi connectivity index (χ4v) is 5.81. The quantitative estimate of drug-likeness (QED) is 0.400. The van der Waals surface area contributed by atoms with Crippen molar-refractivity contribution >= 4 is 43.7 Å². The molecule has 0 aromatic heterocycles. The molecule has 2 aliphatic rings. The van der Waals surface area contributed by atoms with Crippen molar-refractivity contribution in [1.82, 2.24) is 19.8 Å². The third-order valence-electron chi connectivity index (χ3n) is 6.46. The Morgan fingerprint density at radius 1 is 1.09 bits per heavy atom. The summed E-state index contributed by atoms with van der Waals surface area (Å²) in [6.45, 7) is 7.13. The maximum atomic E-state index is 13.0. The molecule has 178 valence electrons. The van der Waals surface area contributed by atoms with Crippen LogP contribution in [0.15, 0.2) is 21.1 Å². The fourth-order valence-electron chi connectivity index (χ4n) is 4.53. The molecular weight excluding hydrogens is 544 g/mol. The average Bonchev–Trinajstić information content (AvgIpc) is 2.77. The normalized spacial score (nSPS) is 19.7. The summed E-state index contributed by atoms with van der Waals surface area (Å²) >= 11 is 6.71. The van der Waals surface area contributed by atoms with Gasteiger partial charge in [0.15, 0.2) is 0 Å². The zero-order valence-corrected chi connectivity index (χ0v) is 21.8. The Morgan fingerprint density at radius 2 is 1.66 bits per heavy atom. The third kappa shape index (κ3) is 6.44. The molecule has 1 aromatic rings. The molecule has 2 heterocycles. The van der Waals surface area contributed by atoms with Gasteiger partial charge in [0.05, 0.1) is 15.5 Å². The first kappa shape index (κ1) is 25.4. The van der Waals surface area contributed by atoms with Gasteiger partial charge in [-0.25, -0.2) is 5.06 Å². The van der Waals surface area contributed by atoms with E-state index in [0.29, 0.717) is 26.5 Å². The second kappa shape index (κ2) is 11.3. The summed E-state index contributed by atoms with van der Waals surface area (Å²) in [6, 6.07) is 4.20. The molecule has 1 aromatic carbocycles. The minimum absolute atomic E-state index is 0.129. The molecule has 0 bridgehead atoms. The van der Waals surface area contributed by atoms with Crippen LogP contribution in [0.2, 0.25) is 0 Å². The first-order chi connectivity index (χ1) is 15.2. The number of hydroxylamine groups is 2. The summed E-state index contributed by atoms with van der Waals surface area (Å²) in [4.78, 5) is 31.2. The summed E-state index contributed by atoms with van der Waals surface area (Å²) < 4.78 is 1.24. The Labute approximate surface area is 206 Å². The van der Waals surface area contributed by atoms with Crippen LogP contribution in [0.25, 0.3) is 0 Å². The molecule has 2 fully saturated rings. The van der Waals surface area contributed by atoms with Crippen molar-refractivity contribution in [2.75, 3.05) is 52.9 Å². The Bertz CT molecular complexity index is 799. The zero-order chi connectivity index (χ0) is 23.4. The summed E-state index contributed by atoms with van der Waals surface area (Å²) in [5.41, 5.74) is 0.999. The molecule has 3 rings (SSSR count). The molecule has 2 N–H and O–H groups in total. The van der Waals surface area contributed by atoms with E-state index in [1.807, 2.05) is 24.0 Å². The molecule has 2 saturated heterocycles. The third-order valence-corrected chi connectivity index (χ3v) is 7.67. The Kier molecular flexibility index (Phi) is 8.97. The number of phenols is 1. The number of hydrogen-bond acceptors (Lipinski definition) is 6. The van der Waals surface area contributed by atoms with Crippen molar-refractivity contribution in [1.29, 1.82) is 0 Å². The monoisotopic (exact) mass is 574 g/mol. The first-order valence-corrected chi connectivity index (χ1v) is 12.6. The number of amides is 2. The van der Waals surface area contributed by atoms with Gasteiger partial charge in [-0.15, -0.1) is 0 Å². The van der Waals surface area contributed by atoms with E-state index in [4.69, 9.17) is 0 Å². The van der Waals surface area contributed by atoms with Gasteiger partial charge in [-0.05, 0) is 68.8 Å². The second-order valence-corrected chi connectivity index (χ2v) is 10.5. The van der Waals surface area contributed by atoms with Crippen LogP contribution in [0.3, 0.4) is 0 Å². The zero-order valence-electron chi connectivity index (χ0n) is 18.6. The van der Waals surface area contributed by atoms with E-state index in [1.165, 1.54) is 7.05 Å². The topological polar surface area (TPSA) is 87.6 Å². The highest BCUT2D eigenvalue weighted by molar-refractivity contribution is 9.11. The number of phenolic OH excluding ortho intramolecular Hbond substituents is 1. The van der Waals surface area contributed by atoms with Gasteiger partial charge in [0.1, 0.15) is 5.75 Å². The maximum absolute atomic E-state index is 13.0. The molecule has 32 heavy (non-hydrogen) atoms. The second-order valence-electron chi connectivity index (χ2n) is 8.80. The Hall–Kier alpha value is -1.20. The highest BCUT2D eigenvalue weighted by Gasteiger charge is 2.31. The van der Waals surface area contributed by atoms with Gasteiger partial charge in [-0.2, -0.15) is 0 Å². The van der Waals surface area contributed by atoms with E-state index in [-0.39, 0.29) is 30.0 Å². The molecule has 0 saturated carbocycles. The van der Waals surface area contributed by atoms with Gasteiger partial charge in [-0.1, -0.05) is 6.92 Å². The predicted molar refractivity (Wildman–Crippen MR) is 129 cm³/mol. The fraction of sp³-hybridized carbons (Fsp3) is 0.636. The summed E-state index contributed by atoms with van der Waals surface area (Å²) in [5.74, 6) is -0.0690. The van der Waals surface area contributed by atoms with Gasteiger partial charge in [0, 0.05) is 58.3 Å². The maximum Gasteiger partial charge on any atom is 0.259 e. The molecule has 1 atom stereocenters. The minimum Gasteiger partial charge on any atom is -0.506 e. The van der Waals surface area contributed by atoms with E-state index in [9.17, 15) is 19.9 Å². The molecule has 0 unspecified atom stereocenters. The number of nitrogens with zero attached hydrogens (tertiary/aromatic N) is 4. The largest absolute Gasteiger partial charge is 0.506 e. The lowest BCUT2D eigenvalue weighted by molar-refractivity contribution is -0.160. The standard InChI is InChI=1S/C22H32Br2N4O4/c1-15(11-16-12-18(23)21(30)19(24)13-16)22(31)28-9-7-27(8-10-28)17-3-5-26(6-4-17)14-20(29)25(2)32/h12-13,15,17,30,32H,3-11,14H2,1-2H3/t15-/m1/s1. The number of benzene rings is 1. The van der Waals surface area contributed by atoms with Gasteiger partial charge in [0.2, 0.25) is 5.91 Å². The summed E-state index contributed by atoms with van der Waals surface area (Å²) in [5, 5.41) is 19.8. The highest BCUT2D eigenvalue weighted by atomic mass is 79.9. The van der Waals surface area contributed by atoms with Gasteiger partial charge in [0.25, 0.3) is 5.91 Å². The number of piperazine rings is 1. The molecule has 10 heteroatoms. The average molecular weight is 576 g/mol. The Morgan fingerprint density at radius 3 is 2.19 bits per heavy atom. The van der Waals surface area contributed by atoms with Crippen LogP contribution >= 0.6 is 31.9 Å². The van der Waals surface area contributed by atoms with Crippen molar-refractivity contribution < 1.29 is 19.9 Å². The number of aromatic hydroxyl groups is 1. The van der Waals surface area contributed by atoms with E-state index < -0.39 is 0 Å². The first-order valence-electron chi connectivity index (χ1n) is 11.0. The van der Waals surface area contributed by atoms with Gasteiger partial charge in [-0.3, -0.25) is 24.6 Å². The molecule has 0 aliphatic carbocycles. The smallest absolute Gasteiger partial charge is 0.259 e. The van der Waals surface area contributed by atoms with Crippen LogP contribution in [0.5, 0.6) is 5.75 Å². The van der Waals surface area contributed by atoms with Crippen molar-refractivity contribution in [3.05, 3.63) is 26.6 Å². The van der Waals surface area contributed by atoms with Crippen LogP contribution in [0, 0.1) is 5.92 Å². The van der Waals surface area contributed by atoms with Crippen LogP contribution < -0.4 is 0 Å². The van der Waals surface area contributed by atoms with E-state index >= 15 is 0 Å². The lowest BCUT2D eigenvalue weighted by Gasteiger charge is -2.43. The highest BCUT2D eigenvalue weighted by Crippen LogP contribution is 2.34. The molecular formula is C22H32Br2N4O4. The number of halogens is 2. The van der Waals surface area contributed by atoms with Crippen molar-refractivity contribution in [2.24, 2.45) is 5.92 Å². The minimum atomic E-state index is -0.281. The number of carbonyl (C=O) groups is 2. The number of piperidine rings is 1. The number of likely N-dealkylation sites (N-methyl/N-ethyl adjacent to an activating group) is 1. The van der Waals surface area contributed by atoms with Crippen LogP contribution in [0.1, 0.15) is 25.3 Å². The molecule has 2 amide bonds. The van der Waals surface area contributed by atoms with Crippen LogP contribution in [-0.2, 0) is 16.0 Å². The van der Waals surface area contributed by atoms with Crippen molar-refractivity contribution in [3.63, 3.8) is 0 Å². The number of hydrogen-bond donors (Lipinski definition) is 2. The van der Waals surface area contributed by atoms with Crippen molar-refractivity contribution in [3.8, 4) is 5.75 Å². The summed E-state index contributed by atoms with van der Waals surface area (Å²) in [7, 11) is 1.36. The van der Waals surface area contributed by atoms with E-state index in [1.54, 1.807) is 0 Å². The van der Waals surface area contributed by atoms with Gasteiger partial charge < -0.3 is 10.0 Å². The molecule has 2 aliphatic heterocycles. The van der Waals surface area contributed by atoms with Gasteiger partial charge >= 0.3 is 0 Å². The SMILES string of the molecule is C[C@H](Cc1cc(Br)c(O)c(Br)c1)C(=O)N1CCN(C2CCN(CC(=O)N(C)O)CC2)CC1. The molecule has 0 radical (unpaired) electrons. The van der Waals surface area contributed by atoms with Crippen molar-refractivity contribution in [2.45, 2.75) is 32.2 Å². The van der Waals surface area contributed by atoms with Crippen LogP contribution in [0.4, 0.5) is 0 Å².